The van der Waals surface area contributed by atoms with Crippen LogP contribution in [0.2, 0.25) is 0 Å². The fraction of sp³-hybridized carbons (Fsp3) is 0.474. The minimum atomic E-state index is -1.83. The van der Waals surface area contributed by atoms with Crippen molar-refractivity contribution in [1.82, 2.24) is 10.3 Å². The maximum Gasteiger partial charge on any atom is 0.263 e. The first-order valence-electron chi connectivity index (χ1n) is 9.24. The van der Waals surface area contributed by atoms with Crippen molar-refractivity contribution in [1.29, 1.82) is 0 Å². The summed E-state index contributed by atoms with van der Waals surface area (Å²) >= 11 is 1.62. The second-order valence-electron chi connectivity index (χ2n) is 6.89. The maximum absolute atomic E-state index is 14.7. The Morgan fingerprint density at radius 2 is 2.07 bits per heavy atom. The number of alkyl halides is 1. The van der Waals surface area contributed by atoms with Gasteiger partial charge < -0.3 is 20.3 Å². The minimum absolute atomic E-state index is 0.0695. The molecular formula is C19H23FN4O2S. The molecule has 4 rings (SSSR count). The summed E-state index contributed by atoms with van der Waals surface area (Å²) < 4.78 is 20.1. The van der Waals surface area contributed by atoms with Crippen molar-refractivity contribution in [2.45, 2.75) is 18.5 Å². The number of aromatic nitrogens is 1. The summed E-state index contributed by atoms with van der Waals surface area (Å²) in [6, 6.07) is 7.39. The number of morpholine rings is 1. The van der Waals surface area contributed by atoms with Crippen molar-refractivity contribution in [3.05, 3.63) is 29.6 Å². The second kappa shape index (κ2) is 7.92. The molecule has 2 aromatic rings. The molecule has 0 radical (unpaired) electrons. The SMILES string of the molecule is O=C(Nc1ccc(-c2csc(N3CCOCC3)n2)cc1)C1(F)CCCNC1. The number of halogens is 1. The number of nitrogens with zero attached hydrogens (tertiary/aromatic N) is 2. The molecule has 2 saturated heterocycles. The Morgan fingerprint density at radius 3 is 2.78 bits per heavy atom. The lowest BCUT2D eigenvalue weighted by atomic mass is 9.95. The molecule has 1 atom stereocenters. The van der Waals surface area contributed by atoms with Gasteiger partial charge in [0, 0.05) is 36.3 Å². The zero-order valence-electron chi connectivity index (χ0n) is 15.0. The number of carbonyl (C=O) groups is 1. The van der Waals surface area contributed by atoms with Crippen molar-refractivity contribution in [3.63, 3.8) is 0 Å². The van der Waals surface area contributed by atoms with Crippen LogP contribution >= 0.6 is 11.3 Å². The van der Waals surface area contributed by atoms with Gasteiger partial charge in [0.2, 0.25) is 5.67 Å². The summed E-state index contributed by atoms with van der Waals surface area (Å²) in [5, 5.41) is 8.67. The van der Waals surface area contributed by atoms with Crippen LogP contribution in [0.25, 0.3) is 11.3 Å². The molecule has 1 unspecified atom stereocenters. The van der Waals surface area contributed by atoms with Crippen LogP contribution in [-0.4, -0.2) is 56.0 Å². The molecule has 8 heteroatoms. The van der Waals surface area contributed by atoms with E-state index in [0.29, 0.717) is 12.1 Å². The first kappa shape index (κ1) is 18.3. The number of rotatable bonds is 4. The summed E-state index contributed by atoms with van der Waals surface area (Å²) in [6.45, 7) is 4.01. The van der Waals surface area contributed by atoms with Crippen LogP contribution in [0.3, 0.4) is 0 Å². The molecule has 2 fully saturated rings. The molecule has 0 spiro atoms. The number of piperidine rings is 1. The van der Waals surface area contributed by atoms with Crippen molar-refractivity contribution in [2.75, 3.05) is 49.6 Å². The van der Waals surface area contributed by atoms with E-state index in [1.807, 2.05) is 17.5 Å². The molecule has 0 bridgehead atoms. The number of carbonyl (C=O) groups excluding carboxylic acids is 1. The van der Waals surface area contributed by atoms with Crippen LogP contribution in [0.1, 0.15) is 12.8 Å². The number of anilines is 2. The third kappa shape index (κ3) is 4.12. The third-order valence-electron chi connectivity index (χ3n) is 4.95. The highest BCUT2D eigenvalue weighted by Gasteiger charge is 2.39. The number of hydrogen-bond donors (Lipinski definition) is 2. The summed E-state index contributed by atoms with van der Waals surface area (Å²) in [4.78, 5) is 19.2. The fourth-order valence-corrected chi connectivity index (χ4v) is 4.22. The number of thiazole rings is 1. The molecule has 2 N–H and O–H groups in total. The van der Waals surface area contributed by atoms with Gasteiger partial charge in [-0.15, -0.1) is 11.3 Å². The van der Waals surface area contributed by atoms with Crippen LogP contribution in [0.15, 0.2) is 29.6 Å². The van der Waals surface area contributed by atoms with Gasteiger partial charge in [0.1, 0.15) is 0 Å². The normalized spacial score (nSPS) is 23.2. The molecule has 6 nitrogen and oxygen atoms in total. The monoisotopic (exact) mass is 390 g/mol. The van der Waals surface area contributed by atoms with Crippen molar-refractivity contribution >= 4 is 28.1 Å². The summed E-state index contributed by atoms with van der Waals surface area (Å²) in [5.74, 6) is -0.578. The van der Waals surface area contributed by atoms with E-state index in [1.54, 1.807) is 23.5 Å². The van der Waals surface area contributed by atoms with Crippen LogP contribution < -0.4 is 15.5 Å². The van der Waals surface area contributed by atoms with E-state index < -0.39 is 11.6 Å². The highest BCUT2D eigenvalue weighted by Crippen LogP contribution is 2.29. The first-order chi connectivity index (χ1) is 13.1. The summed E-state index contributed by atoms with van der Waals surface area (Å²) in [6.07, 6.45) is 0.922. The lowest BCUT2D eigenvalue weighted by Crippen LogP contribution is -2.50. The molecule has 0 aliphatic carbocycles. The van der Waals surface area contributed by atoms with Gasteiger partial charge in [0.15, 0.2) is 5.13 Å². The highest BCUT2D eigenvalue weighted by molar-refractivity contribution is 7.14. The lowest BCUT2D eigenvalue weighted by Gasteiger charge is -2.28. The van der Waals surface area contributed by atoms with Gasteiger partial charge in [-0.25, -0.2) is 9.37 Å². The lowest BCUT2D eigenvalue weighted by molar-refractivity contribution is -0.128. The zero-order chi connectivity index (χ0) is 18.7. The van der Waals surface area contributed by atoms with E-state index in [1.165, 1.54) is 0 Å². The molecule has 0 saturated carbocycles. The summed E-state index contributed by atoms with van der Waals surface area (Å²) in [5.41, 5.74) is 0.629. The molecular weight excluding hydrogens is 367 g/mol. The summed E-state index contributed by atoms with van der Waals surface area (Å²) in [7, 11) is 0. The topological polar surface area (TPSA) is 66.5 Å². The Labute approximate surface area is 161 Å². The molecule has 2 aliphatic rings. The van der Waals surface area contributed by atoms with E-state index in [-0.39, 0.29) is 13.0 Å². The largest absolute Gasteiger partial charge is 0.378 e. The van der Waals surface area contributed by atoms with Crippen LogP contribution in [0, 0.1) is 0 Å². The van der Waals surface area contributed by atoms with Crippen LogP contribution in [0.4, 0.5) is 15.2 Å². The maximum atomic E-state index is 14.7. The number of amides is 1. The van der Waals surface area contributed by atoms with Gasteiger partial charge in [-0.1, -0.05) is 12.1 Å². The number of ether oxygens (including phenoxy) is 1. The number of nitrogens with one attached hydrogen (secondary N) is 2. The predicted molar refractivity (Wildman–Crippen MR) is 105 cm³/mol. The minimum Gasteiger partial charge on any atom is -0.378 e. The Bertz CT molecular complexity index is 783. The van der Waals surface area contributed by atoms with Gasteiger partial charge in [0.25, 0.3) is 5.91 Å². The van der Waals surface area contributed by atoms with Crippen molar-refractivity contribution in [3.8, 4) is 11.3 Å². The standard InChI is InChI=1S/C19H23FN4O2S/c20-19(6-1-7-21-13-19)17(25)22-15-4-2-14(3-5-15)16-12-27-18(23-16)24-8-10-26-11-9-24/h2-5,12,21H,1,6-11,13H2,(H,22,25). The molecule has 1 amide bonds. The molecule has 2 aliphatic heterocycles. The Balaban J connectivity index is 1.41. The van der Waals surface area contributed by atoms with Crippen LogP contribution in [0.5, 0.6) is 0 Å². The number of benzene rings is 1. The van der Waals surface area contributed by atoms with E-state index >= 15 is 0 Å². The van der Waals surface area contributed by atoms with Crippen molar-refractivity contribution < 1.29 is 13.9 Å². The molecule has 27 heavy (non-hydrogen) atoms. The quantitative estimate of drug-likeness (QED) is 0.840. The molecule has 1 aromatic carbocycles. The average Bonchev–Trinajstić information content (AvgIpc) is 3.20. The molecule has 144 valence electrons. The van der Waals surface area contributed by atoms with Gasteiger partial charge in [-0.3, -0.25) is 4.79 Å². The van der Waals surface area contributed by atoms with E-state index in [2.05, 4.69) is 15.5 Å². The van der Waals surface area contributed by atoms with Gasteiger partial charge in [-0.05, 0) is 31.5 Å². The van der Waals surface area contributed by atoms with Crippen molar-refractivity contribution in [2.24, 2.45) is 0 Å². The van der Waals surface area contributed by atoms with E-state index in [4.69, 9.17) is 9.72 Å². The second-order valence-corrected chi connectivity index (χ2v) is 7.73. The van der Waals surface area contributed by atoms with E-state index in [0.717, 1.165) is 49.2 Å². The fourth-order valence-electron chi connectivity index (χ4n) is 3.33. The predicted octanol–water partition coefficient (Wildman–Crippen LogP) is 2.68. The van der Waals surface area contributed by atoms with Gasteiger partial charge in [0.05, 0.1) is 18.9 Å². The Hall–Kier alpha value is -2.03. The molecule has 3 heterocycles. The first-order valence-corrected chi connectivity index (χ1v) is 10.1. The third-order valence-corrected chi connectivity index (χ3v) is 5.85. The Kier molecular flexibility index (Phi) is 5.38. The van der Waals surface area contributed by atoms with Gasteiger partial charge >= 0.3 is 0 Å². The Morgan fingerprint density at radius 1 is 1.30 bits per heavy atom. The number of hydrogen-bond acceptors (Lipinski definition) is 6. The van der Waals surface area contributed by atoms with Gasteiger partial charge in [-0.2, -0.15) is 0 Å². The smallest absolute Gasteiger partial charge is 0.263 e. The zero-order valence-corrected chi connectivity index (χ0v) is 15.9. The highest BCUT2D eigenvalue weighted by atomic mass is 32.1. The average molecular weight is 390 g/mol. The molecule has 1 aromatic heterocycles. The van der Waals surface area contributed by atoms with E-state index in [9.17, 15) is 9.18 Å². The van der Waals surface area contributed by atoms with Crippen LogP contribution in [-0.2, 0) is 9.53 Å².